The predicted octanol–water partition coefficient (Wildman–Crippen LogP) is 5.26. The van der Waals surface area contributed by atoms with Crippen LogP contribution in [0, 0.1) is 0 Å². The van der Waals surface area contributed by atoms with E-state index >= 15 is 0 Å². The zero-order valence-corrected chi connectivity index (χ0v) is 21.2. The Labute approximate surface area is 217 Å². The number of fused-ring (bicyclic) bond motifs is 3. The van der Waals surface area contributed by atoms with Crippen molar-refractivity contribution in [3.05, 3.63) is 83.2 Å². The number of aromatic amines is 1. The fourth-order valence-electron chi connectivity index (χ4n) is 4.45. The van der Waals surface area contributed by atoms with Gasteiger partial charge in [-0.2, -0.15) is 0 Å². The van der Waals surface area contributed by atoms with Gasteiger partial charge in [0.15, 0.2) is 6.10 Å². The van der Waals surface area contributed by atoms with Crippen molar-refractivity contribution in [2.75, 3.05) is 12.4 Å². The van der Waals surface area contributed by atoms with Crippen molar-refractivity contribution in [2.45, 2.75) is 32.3 Å². The number of hydrogen-bond donors (Lipinski definition) is 2. The van der Waals surface area contributed by atoms with Crippen LogP contribution in [0.2, 0.25) is 0 Å². The molecule has 37 heavy (non-hydrogen) atoms. The number of rotatable bonds is 7. The molecule has 0 spiro atoms. The molecule has 1 atom stereocenters. The topological polar surface area (TPSA) is 110 Å². The Morgan fingerprint density at radius 1 is 1.08 bits per heavy atom. The Hall–Kier alpha value is -4.24. The van der Waals surface area contributed by atoms with Gasteiger partial charge in [-0.05, 0) is 48.1 Å². The number of benzene rings is 2. The van der Waals surface area contributed by atoms with E-state index in [1.54, 1.807) is 43.6 Å². The first-order chi connectivity index (χ1) is 18.0. The van der Waals surface area contributed by atoms with Crippen LogP contribution in [0.1, 0.15) is 45.2 Å². The minimum atomic E-state index is -1.03. The van der Waals surface area contributed by atoms with Crippen molar-refractivity contribution >= 4 is 34.2 Å². The van der Waals surface area contributed by atoms with Crippen LogP contribution in [0.5, 0.6) is 0 Å². The summed E-state index contributed by atoms with van der Waals surface area (Å²) >= 11 is 1.34. The highest BCUT2D eigenvalue weighted by Crippen LogP contribution is 2.45. The molecule has 1 aliphatic carbocycles. The van der Waals surface area contributed by atoms with Crippen LogP contribution in [-0.2, 0) is 27.1 Å². The van der Waals surface area contributed by atoms with Gasteiger partial charge in [-0.3, -0.25) is 4.79 Å². The summed E-state index contributed by atoms with van der Waals surface area (Å²) in [6, 6.07) is 14.8. The predicted molar refractivity (Wildman–Crippen MR) is 141 cm³/mol. The molecular weight excluding hydrogens is 490 g/mol. The largest absolute Gasteiger partial charge is 0.465 e. The average molecular weight is 516 g/mol. The highest BCUT2D eigenvalue weighted by Gasteiger charge is 2.31. The quantitative estimate of drug-likeness (QED) is 0.325. The zero-order chi connectivity index (χ0) is 25.9. The lowest BCUT2D eigenvalue weighted by Gasteiger charge is -2.17. The summed E-state index contributed by atoms with van der Waals surface area (Å²) in [6.07, 6.45) is 4.07. The van der Waals surface area contributed by atoms with Crippen LogP contribution in [0.3, 0.4) is 0 Å². The van der Waals surface area contributed by atoms with Crippen LogP contribution < -0.4 is 5.32 Å². The van der Waals surface area contributed by atoms with Crippen molar-refractivity contribution in [2.24, 2.45) is 0 Å². The summed E-state index contributed by atoms with van der Waals surface area (Å²) in [5, 5.41) is 3.24. The zero-order valence-electron chi connectivity index (χ0n) is 20.4. The van der Waals surface area contributed by atoms with E-state index in [1.807, 2.05) is 18.2 Å². The summed E-state index contributed by atoms with van der Waals surface area (Å²) in [4.78, 5) is 46.8. The SMILES string of the molecule is CCC(OC(=O)c1ccc(-c2ncc[nH]2)cc1)C(=O)Nc1sc2c(c1C(=O)OC)CCc1ccccc1-2. The third kappa shape index (κ3) is 4.77. The van der Waals surface area contributed by atoms with Gasteiger partial charge in [0.05, 0.1) is 18.2 Å². The number of esters is 2. The molecule has 4 aromatic rings. The van der Waals surface area contributed by atoms with E-state index in [0.29, 0.717) is 28.4 Å². The number of H-pyrrole nitrogens is 1. The molecule has 2 aromatic carbocycles. The number of carbonyl (C=O) groups excluding carboxylic acids is 3. The Morgan fingerprint density at radius 3 is 2.57 bits per heavy atom. The van der Waals surface area contributed by atoms with Crippen molar-refractivity contribution in [1.82, 2.24) is 9.97 Å². The molecule has 0 bridgehead atoms. The summed E-state index contributed by atoms with van der Waals surface area (Å²) < 4.78 is 10.6. The monoisotopic (exact) mass is 515 g/mol. The van der Waals surface area contributed by atoms with Crippen LogP contribution in [0.25, 0.3) is 21.8 Å². The number of imidazole rings is 1. The number of anilines is 1. The first-order valence-electron chi connectivity index (χ1n) is 11.9. The normalized spacial score (nSPS) is 12.7. The number of nitrogens with one attached hydrogen (secondary N) is 2. The number of methoxy groups -OCH3 is 1. The maximum atomic E-state index is 13.2. The Morgan fingerprint density at radius 2 is 1.86 bits per heavy atom. The van der Waals surface area contributed by atoms with Crippen LogP contribution in [0.4, 0.5) is 5.00 Å². The van der Waals surface area contributed by atoms with Crippen LogP contribution in [0.15, 0.2) is 60.9 Å². The molecule has 9 heteroatoms. The molecule has 188 valence electrons. The smallest absolute Gasteiger partial charge is 0.341 e. The number of nitrogens with zero attached hydrogens (tertiary/aromatic N) is 1. The molecule has 1 aliphatic rings. The van der Waals surface area contributed by atoms with E-state index in [2.05, 4.69) is 21.4 Å². The third-order valence-electron chi connectivity index (χ3n) is 6.34. The van der Waals surface area contributed by atoms with Crippen molar-refractivity contribution in [1.29, 1.82) is 0 Å². The molecule has 2 aromatic heterocycles. The maximum Gasteiger partial charge on any atom is 0.341 e. The lowest BCUT2D eigenvalue weighted by Crippen LogP contribution is -2.32. The standard InChI is InChI=1S/C28H25N3O5S/c1-3-21(36-27(33)18-10-8-17(9-11-18)24-29-14-15-30-24)25(32)31-26-22(28(34)35-2)20-13-12-16-6-4-5-7-19(16)23(20)37-26/h4-11,14-15,21H,3,12-13H2,1-2H3,(H,29,30)(H,31,32). The van der Waals surface area contributed by atoms with E-state index in [1.165, 1.54) is 24.0 Å². The molecule has 8 nitrogen and oxygen atoms in total. The molecule has 2 N–H and O–H groups in total. The summed E-state index contributed by atoms with van der Waals surface area (Å²) in [5.74, 6) is -0.928. The summed E-state index contributed by atoms with van der Waals surface area (Å²) in [7, 11) is 1.32. The van der Waals surface area contributed by atoms with Gasteiger partial charge >= 0.3 is 11.9 Å². The Balaban J connectivity index is 1.35. The second-order valence-electron chi connectivity index (χ2n) is 8.57. The van der Waals surface area contributed by atoms with Gasteiger partial charge in [-0.25, -0.2) is 14.6 Å². The van der Waals surface area contributed by atoms with Crippen LogP contribution >= 0.6 is 11.3 Å². The number of aromatic nitrogens is 2. The summed E-state index contributed by atoms with van der Waals surface area (Å²) in [6.45, 7) is 1.76. The summed E-state index contributed by atoms with van der Waals surface area (Å²) in [5.41, 5.74) is 4.62. The van der Waals surface area contributed by atoms with Crippen molar-refractivity contribution in [3.63, 3.8) is 0 Å². The van der Waals surface area contributed by atoms with Crippen LogP contribution in [-0.4, -0.2) is 41.0 Å². The van der Waals surface area contributed by atoms with E-state index in [-0.39, 0.29) is 6.42 Å². The Bertz CT molecular complexity index is 1460. The number of ether oxygens (including phenoxy) is 2. The minimum absolute atomic E-state index is 0.267. The number of aryl methyl sites for hydroxylation is 1. The number of carbonyl (C=O) groups is 3. The Kier molecular flexibility index (Phi) is 6.87. The fourth-order valence-corrected chi connectivity index (χ4v) is 5.75. The molecule has 1 amide bonds. The first kappa shape index (κ1) is 24.5. The average Bonchev–Trinajstić information content (AvgIpc) is 3.59. The highest BCUT2D eigenvalue weighted by molar-refractivity contribution is 7.20. The molecule has 0 radical (unpaired) electrons. The molecule has 5 rings (SSSR count). The molecule has 0 aliphatic heterocycles. The second-order valence-corrected chi connectivity index (χ2v) is 9.59. The van der Waals surface area contributed by atoms with Gasteiger partial charge in [-0.1, -0.05) is 43.3 Å². The van der Waals surface area contributed by atoms with Gasteiger partial charge in [0, 0.05) is 22.8 Å². The van der Waals surface area contributed by atoms with Gasteiger partial charge in [0.2, 0.25) is 0 Å². The molecule has 1 unspecified atom stereocenters. The molecule has 0 fully saturated rings. The molecule has 0 saturated carbocycles. The minimum Gasteiger partial charge on any atom is -0.465 e. The fraction of sp³-hybridized carbons (Fsp3) is 0.214. The molecular formula is C28H25N3O5S. The van der Waals surface area contributed by atoms with Crippen molar-refractivity contribution in [3.8, 4) is 21.8 Å². The molecule has 0 saturated heterocycles. The second kappa shape index (κ2) is 10.4. The van der Waals surface area contributed by atoms with E-state index < -0.39 is 23.9 Å². The van der Waals surface area contributed by atoms with E-state index in [0.717, 1.165) is 28.0 Å². The number of amides is 1. The number of hydrogen-bond acceptors (Lipinski definition) is 7. The number of thiophene rings is 1. The van der Waals surface area contributed by atoms with E-state index in [9.17, 15) is 14.4 Å². The third-order valence-corrected chi connectivity index (χ3v) is 7.53. The maximum absolute atomic E-state index is 13.2. The van der Waals surface area contributed by atoms with E-state index in [4.69, 9.17) is 9.47 Å². The van der Waals surface area contributed by atoms with Gasteiger partial charge in [-0.15, -0.1) is 11.3 Å². The first-order valence-corrected chi connectivity index (χ1v) is 12.8. The van der Waals surface area contributed by atoms with Gasteiger partial charge in [0.25, 0.3) is 5.91 Å². The lowest BCUT2D eigenvalue weighted by molar-refractivity contribution is -0.124. The van der Waals surface area contributed by atoms with Gasteiger partial charge in [0.1, 0.15) is 10.8 Å². The van der Waals surface area contributed by atoms with Gasteiger partial charge < -0.3 is 19.8 Å². The lowest BCUT2D eigenvalue weighted by atomic mass is 9.89. The molecule has 2 heterocycles. The van der Waals surface area contributed by atoms with Crippen molar-refractivity contribution < 1.29 is 23.9 Å². The highest BCUT2D eigenvalue weighted by atomic mass is 32.1.